The predicted molar refractivity (Wildman–Crippen MR) is 81.6 cm³/mol. The number of rotatable bonds is 5. The molecule has 0 aliphatic rings. The van der Waals surface area contributed by atoms with Crippen molar-refractivity contribution in [2.75, 3.05) is 14.1 Å². The smallest absolute Gasteiger partial charge is 0.381 e. The number of hydrogen-bond donors (Lipinski definition) is 1. The average molecular weight is 320 g/mol. The maximum absolute atomic E-state index is 11.7. The van der Waals surface area contributed by atoms with Crippen LogP contribution < -0.4 is 10.1 Å². The molecule has 2 aromatic rings. The number of ether oxygens (including phenoxy) is 1. The Kier molecular flexibility index (Phi) is 5.42. The number of hydrogen-bond acceptors (Lipinski definition) is 6. The molecule has 0 unspecified atom stereocenters. The quantitative estimate of drug-likeness (QED) is 0.901. The van der Waals surface area contributed by atoms with Crippen molar-refractivity contribution in [2.24, 2.45) is 0 Å². The van der Waals surface area contributed by atoms with Crippen LogP contribution in [0, 0.1) is 0 Å². The second-order valence-corrected chi connectivity index (χ2v) is 5.49. The molecule has 1 N–H and O–H groups in total. The van der Waals surface area contributed by atoms with Gasteiger partial charge in [0.15, 0.2) is 0 Å². The molecule has 0 aromatic carbocycles. The van der Waals surface area contributed by atoms with E-state index in [0.29, 0.717) is 12.2 Å². The number of aromatic nitrogens is 2. The van der Waals surface area contributed by atoms with Crippen molar-refractivity contribution in [1.82, 2.24) is 20.2 Å². The first-order valence-corrected chi connectivity index (χ1v) is 7.41. The maximum atomic E-state index is 11.7. The molecule has 0 saturated heterocycles. The molecular weight excluding hydrogens is 304 g/mol. The van der Waals surface area contributed by atoms with Crippen molar-refractivity contribution < 1.29 is 14.3 Å². The highest BCUT2D eigenvalue weighted by Crippen LogP contribution is 2.18. The molecule has 116 valence electrons. The fourth-order valence-corrected chi connectivity index (χ4v) is 2.19. The van der Waals surface area contributed by atoms with Gasteiger partial charge < -0.3 is 15.0 Å². The van der Waals surface area contributed by atoms with Crippen LogP contribution in [0.3, 0.4) is 0 Å². The van der Waals surface area contributed by atoms with Gasteiger partial charge >= 0.3 is 6.09 Å². The van der Waals surface area contributed by atoms with Gasteiger partial charge in [-0.3, -0.25) is 9.78 Å². The highest BCUT2D eigenvalue weighted by atomic mass is 32.1. The normalized spacial score (nSPS) is 10.1. The first-order valence-electron chi connectivity index (χ1n) is 6.53. The first kappa shape index (κ1) is 15.9. The van der Waals surface area contributed by atoms with E-state index in [2.05, 4.69) is 15.3 Å². The second-order valence-electron chi connectivity index (χ2n) is 4.67. The topological polar surface area (TPSA) is 84.4 Å². The molecule has 2 amide bonds. The lowest BCUT2D eigenvalue weighted by molar-refractivity contribution is -0.128. The summed E-state index contributed by atoms with van der Waals surface area (Å²) < 4.78 is 5.07. The molecule has 0 bridgehead atoms. The van der Waals surface area contributed by atoms with Gasteiger partial charge in [0, 0.05) is 38.4 Å². The summed E-state index contributed by atoms with van der Waals surface area (Å²) in [6.45, 7) is 0.323. The third-order valence-corrected chi connectivity index (χ3v) is 3.47. The van der Waals surface area contributed by atoms with Crippen molar-refractivity contribution in [3.8, 4) is 5.19 Å². The Balaban J connectivity index is 1.82. The molecule has 7 nitrogen and oxygen atoms in total. The standard InChI is InChI=1S/C14H16N4O3S/c1-18(2)12(19)6-11-9-22-14(17-11)21-13(20)16-8-10-4-3-5-15-7-10/h3-5,7,9H,6,8H2,1-2H3,(H,16,20). The number of likely N-dealkylation sites (N-methyl/N-ethyl adjacent to an activating group) is 1. The number of thiazole rings is 1. The molecule has 0 spiro atoms. The van der Waals surface area contributed by atoms with Gasteiger partial charge in [0.2, 0.25) is 5.91 Å². The molecule has 2 rings (SSSR count). The summed E-state index contributed by atoms with van der Waals surface area (Å²) in [5.74, 6) is -0.0575. The van der Waals surface area contributed by atoms with E-state index in [1.165, 1.54) is 16.2 Å². The van der Waals surface area contributed by atoms with Gasteiger partial charge in [0.25, 0.3) is 5.19 Å². The molecule has 22 heavy (non-hydrogen) atoms. The van der Waals surface area contributed by atoms with E-state index in [0.717, 1.165) is 5.56 Å². The van der Waals surface area contributed by atoms with Crippen molar-refractivity contribution in [2.45, 2.75) is 13.0 Å². The van der Waals surface area contributed by atoms with E-state index in [1.54, 1.807) is 37.9 Å². The Hall–Kier alpha value is -2.48. The second kappa shape index (κ2) is 7.51. The zero-order valence-corrected chi connectivity index (χ0v) is 13.1. The number of carbonyl (C=O) groups is 2. The Bertz CT molecular complexity index is 643. The van der Waals surface area contributed by atoms with E-state index in [9.17, 15) is 9.59 Å². The number of carbonyl (C=O) groups excluding carboxylic acids is 2. The predicted octanol–water partition coefficient (Wildman–Crippen LogP) is 1.46. The first-order chi connectivity index (χ1) is 10.5. The zero-order valence-electron chi connectivity index (χ0n) is 12.3. The highest BCUT2D eigenvalue weighted by molar-refractivity contribution is 7.11. The SMILES string of the molecule is CN(C)C(=O)Cc1csc(OC(=O)NCc2cccnc2)n1. The molecule has 2 aromatic heterocycles. The van der Waals surface area contributed by atoms with Crippen LogP contribution in [-0.4, -0.2) is 41.0 Å². The largest absolute Gasteiger partial charge is 0.414 e. The molecule has 0 saturated carbocycles. The van der Waals surface area contributed by atoms with Crippen LogP contribution in [-0.2, 0) is 17.8 Å². The summed E-state index contributed by atoms with van der Waals surface area (Å²) in [4.78, 5) is 32.8. The van der Waals surface area contributed by atoms with Gasteiger partial charge in [0.05, 0.1) is 12.1 Å². The summed E-state index contributed by atoms with van der Waals surface area (Å²) in [6, 6.07) is 3.64. The van der Waals surface area contributed by atoms with E-state index >= 15 is 0 Å². The minimum absolute atomic E-state index is 0.0575. The number of nitrogens with zero attached hydrogens (tertiary/aromatic N) is 3. The van der Waals surface area contributed by atoms with Crippen LogP contribution in [0.2, 0.25) is 0 Å². The molecule has 2 heterocycles. The van der Waals surface area contributed by atoms with Crippen LogP contribution in [0.1, 0.15) is 11.3 Å². The monoisotopic (exact) mass is 320 g/mol. The summed E-state index contributed by atoms with van der Waals surface area (Å²) >= 11 is 1.18. The van der Waals surface area contributed by atoms with E-state index < -0.39 is 6.09 Å². The van der Waals surface area contributed by atoms with Gasteiger partial charge in [-0.15, -0.1) is 0 Å². The van der Waals surface area contributed by atoms with Gasteiger partial charge in [-0.05, 0) is 11.6 Å². The van der Waals surface area contributed by atoms with Gasteiger partial charge in [-0.2, -0.15) is 0 Å². The Morgan fingerprint density at radius 2 is 2.23 bits per heavy atom. The van der Waals surface area contributed by atoms with E-state index in [4.69, 9.17) is 4.74 Å². The summed E-state index contributed by atoms with van der Waals surface area (Å²) in [5, 5.41) is 4.52. The van der Waals surface area contributed by atoms with Gasteiger partial charge in [0.1, 0.15) is 0 Å². The number of nitrogens with one attached hydrogen (secondary N) is 1. The number of pyridine rings is 1. The highest BCUT2D eigenvalue weighted by Gasteiger charge is 2.12. The lowest BCUT2D eigenvalue weighted by Crippen LogP contribution is -2.26. The van der Waals surface area contributed by atoms with Crippen molar-refractivity contribution in [1.29, 1.82) is 0 Å². The fourth-order valence-electron chi connectivity index (χ4n) is 1.52. The minimum atomic E-state index is -0.594. The Labute approximate surface area is 132 Å². The molecule has 8 heteroatoms. The minimum Gasteiger partial charge on any atom is -0.381 e. The van der Waals surface area contributed by atoms with Crippen LogP contribution in [0.15, 0.2) is 29.9 Å². The summed E-state index contributed by atoms with van der Waals surface area (Å²) in [7, 11) is 3.36. The Morgan fingerprint density at radius 1 is 1.41 bits per heavy atom. The van der Waals surface area contributed by atoms with Crippen molar-refractivity contribution in [3.63, 3.8) is 0 Å². The van der Waals surface area contributed by atoms with Crippen LogP contribution in [0.25, 0.3) is 0 Å². The summed E-state index contributed by atoms with van der Waals surface area (Å²) in [6.07, 6.45) is 2.91. The van der Waals surface area contributed by atoms with Crippen LogP contribution >= 0.6 is 11.3 Å². The lowest BCUT2D eigenvalue weighted by Gasteiger charge is -2.07. The van der Waals surface area contributed by atoms with Crippen LogP contribution in [0.5, 0.6) is 5.19 Å². The molecular formula is C14H16N4O3S. The lowest BCUT2D eigenvalue weighted by atomic mass is 10.3. The Morgan fingerprint density at radius 3 is 2.91 bits per heavy atom. The maximum Gasteiger partial charge on any atom is 0.414 e. The summed E-state index contributed by atoms with van der Waals surface area (Å²) in [5.41, 5.74) is 1.45. The average Bonchev–Trinajstić information content (AvgIpc) is 2.93. The molecule has 0 fully saturated rings. The number of amides is 2. The van der Waals surface area contributed by atoms with Gasteiger partial charge in [-0.25, -0.2) is 9.78 Å². The molecule has 0 aliphatic heterocycles. The van der Waals surface area contributed by atoms with E-state index in [1.807, 2.05) is 6.07 Å². The zero-order chi connectivity index (χ0) is 15.9. The van der Waals surface area contributed by atoms with Crippen molar-refractivity contribution >= 4 is 23.3 Å². The van der Waals surface area contributed by atoms with Gasteiger partial charge in [-0.1, -0.05) is 17.4 Å². The molecule has 0 aliphatic carbocycles. The third kappa shape index (κ3) is 4.81. The third-order valence-electron chi connectivity index (χ3n) is 2.70. The van der Waals surface area contributed by atoms with Crippen molar-refractivity contribution in [3.05, 3.63) is 41.2 Å². The van der Waals surface area contributed by atoms with Crippen LogP contribution in [0.4, 0.5) is 4.79 Å². The molecule has 0 radical (unpaired) electrons. The van der Waals surface area contributed by atoms with E-state index in [-0.39, 0.29) is 17.5 Å². The fraction of sp³-hybridized carbons (Fsp3) is 0.286. The molecule has 0 atom stereocenters.